The van der Waals surface area contributed by atoms with E-state index in [4.69, 9.17) is 69.2 Å². The minimum absolute atomic E-state index is 0.0872. The average molecular weight is 1920 g/mol. The van der Waals surface area contributed by atoms with Gasteiger partial charge in [-0.05, 0) is 267 Å². The van der Waals surface area contributed by atoms with Gasteiger partial charge in [0.05, 0.1) is 43.8 Å². The molecule has 5 aromatic heterocycles. The van der Waals surface area contributed by atoms with E-state index in [0.29, 0.717) is 78.9 Å². The molecule has 6 aromatic carbocycles. The summed E-state index contributed by atoms with van der Waals surface area (Å²) in [6, 6.07) is 66.2. The molecule has 0 fully saturated rings. The summed E-state index contributed by atoms with van der Waals surface area (Å²) in [5.74, 6) is 118. The fourth-order valence-corrected chi connectivity index (χ4v) is 9.62. The molecule has 0 spiro atoms. The van der Waals surface area contributed by atoms with Crippen LogP contribution in [0.25, 0.3) is 27.9 Å². The number of terminal acetylenes is 3. The van der Waals surface area contributed by atoms with Gasteiger partial charge in [-0.2, -0.15) is 15.6 Å². The van der Waals surface area contributed by atoms with Gasteiger partial charge in [-0.3, -0.25) is 19.5 Å². The van der Waals surface area contributed by atoms with Gasteiger partial charge in [-0.25, -0.2) is 46.1 Å². The van der Waals surface area contributed by atoms with Crippen molar-refractivity contribution in [2.24, 2.45) is 5.73 Å². The van der Waals surface area contributed by atoms with E-state index in [9.17, 15) is 19.2 Å². The number of carbonyl (C=O) groups excluding carboxylic acids is 2. The van der Waals surface area contributed by atoms with Gasteiger partial charge in [0.25, 0.3) is 12.6 Å². The van der Waals surface area contributed by atoms with Gasteiger partial charge >= 0.3 is 17.5 Å². The van der Waals surface area contributed by atoms with Crippen molar-refractivity contribution < 1.29 is 42.4 Å². The Balaban J connectivity index is 0.000000319. The average Bonchev–Trinajstić information content (AvgIpc) is 1.63. The second kappa shape index (κ2) is 77.0. The molecule has 0 radical (unpaired) electrons. The molecule has 25 nitrogen and oxygen atoms in total. The van der Waals surface area contributed by atoms with Gasteiger partial charge in [-0.1, -0.05) is 200 Å². The second-order valence-corrected chi connectivity index (χ2v) is 26.0. The van der Waals surface area contributed by atoms with Gasteiger partial charge in [0.1, 0.15) is 63.3 Å². The Morgan fingerprint density at radius 3 is 0.939 bits per heavy atom. The number of hydrogen-bond donors (Lipinski definition) is 5. The van der Waals surface area contributed by atoms with Crippen molar-refractivity contribution in [3.63, 3.8) is 0 Å². The Bertz CT molecular complexity index is 8320. The van der Waals surface area contributed by atoms with Gasteiger partial charge in [0.15, 0.2) is 46.1 Å². The van der Waals surface area contributed by atoms with Crippen LogP contribution in [0.15, 0.2) is 233 Å². The highest BCUT2D eigenvalue weighted by atomic mass is 16.5. The van der Waals surface area contributed by atoms with E-state index >= 15 is 0 Å². The Morgan fingerprint density at radius 2 is 0.655 bits per heavy atom. The predicted octanol–water partition coefficient (Wildman–Crippen LogP) is 12.0. The molecule has 25 heteroatoms. The molecule has 0 saturated carbocycles. The van der Waals surface area contributed by atoms with Crippen LogP contribution in [0.5, 0.6) is 34.5 Å². The molecule has 2 amide bonds. The zero-order valence-electron chi connectivity index (χ0n) is 79.2. The molecule has 6 N–H and O–H groups in total. The van der Waals surface area contributed by atoms with Crippen LogP contribution < -0.4 is 56.2 Å². The van der Waals surface area contributed by atoms with Gasteiger partial charge in [0.2, 0.25) is 0 Å². The molecule has 702 valence electrons. The van der Waals surface area contributed by atoms with Crippen molar-refractivity contribution in [3.05, 3.63) is 290 Å². The van der Waals surface area contributed by atoms with E-state index in [1.165, 1.54) is 29.2 Å². The van der Waals surface area contributed by atoms with Crippen LogP contribution >= 0.6 is 0 Å². The van der Waals surface area contributed by atoms with Crippen LogP contribution in [-0.2, 0) is 46.2 Å². The summed E-state index contributed by atoms with van der Waals surface area (Å²) in [5.41, 5.74) is 11.1. The van der Waals surface area contributed by atoms with Gasteiger partial charge in [-0.15, -0.1) is 24.4 Å². The second-order valence-electron chi connectivity index (χ2n) is 26.0. The molecule has 0 aliphatic heterocycles. The number of pyridine rings is 3. The van der Waals surface area contributed by atoms with E-state index < -0.39 is 23.3 Å². The number of Topliss-reactive ketones (excluding diaryl/α,β-unsaturated/α-hetero) is 1. The number of carbonyl (C=O) groups is 2. The number of aromatic amines is 2. The monoisotopic (exact) mass is 1920 g/mol. The summed E-state index contributed by atoms with van der Waals surface area (Å²) in [5, 5.41) is 33.6. The number of rotatable bonds is 25. The van der Waals surface area contributed by atoms with Crippen LogP contribution in [0.3, 0.4) is 0 Å². The fourth-order valence-electron chi connectivity index (χ4n) is 9.62. The number of benzene rings is 6. The number of nitriles is 2. The summed E-state index contributed by atoms with van der Waals surface area (Å²) >= 11 is 0. The van der Waals surface area contributed by atoms with Crippen molar-refractivity contribution in [2.75, 3.05) is 19.8 Å². The SMILES string of the molecule is C#CC#CC#C.C#CC#CC#CC#CC#CC#CC#CC#CC#CC#CC#CC.CC#CC#CC#CC#CC#CC#CC#CC#CC#CC#CC#CC.N#CCN.N#CCn1c(-c2cc(OCc3ccccc3)c(OCc3ccccc3)cn2)n[nH]c1=O.O=c1[nH]nc(-c2cc(OCc3ccccc3)c(OCc3ccccc3)cn2)o1.[C-]#[N+]CNC(=O)NCC(=O)c1cc(OCc2ccccc2)c(OCc2ccccc2)cn1. The van der Waals surface area contributed by atoms with E-state index in [1.54, 1.807) is 39.0 Å². The lowest BCUT2D eigenvalue weighted by Crippen LogP contribution is -2.38. The molecular weight excluding hydrogens is 1850 g/mol. The van der Waals surface area contributed by atoms with Crippen molar-refractivity contribution in [3.8, 4) is 367 Å². The lowest BCUT2D eigenvalue weighted by Gasteiger charge is -2.14. The topological polar surface area (TPSA) is 340 Å². The highest BCUT2D eigenvalue weighted by molar-refractivity contribution is 5.98. The molecule has 0 bridgehead atoms. The number of nitrogens with one attached hydrogen (secondary N) is 4. The van der Waals surface area contributed by atoms with Crippen LogP contribution in [0.1, 0.15) is 64.6 Å². The Morgan fingerprint density at radius 1 is 0.378 bits per heavy atom. The first-order valence-corrected chi connectivity index (χ1v) is 42.5. The number of ketones is 1. The summed E-state index contributed by atoms with van der Waals surface area (Å²) in [4.78, 5) is 63.0. The van der Waals surface area contributed by atoms with Crippen molar-refractivity contribution in [1.82, 2.24) is 50.5 Å². The van der Waals surface area contributed by atoms with Gasteiger partial charge in [0, 0.05) is 65.6 Å². The predicted molar refractivity (Wildman–Crippen MR) is 563 cm³/mol. The third-order valence-electron chi connectivity index (χ3n) is 15.9. The first-order chi connectivity index (χ1) is 72.8. The first-order valence-electron chi connectivity index (χ1n) is 42.5. The number of H-pyrrole nitrogens is 2. The molecule has 0 atom stereocenters. The highest BCUT2D eigenvalue weighted by Gasteiger charge is 2.20. The number of nitrogens with two attached hydrogens (primary N) is 1. The van der Waals surface area contributed by atoms with E-state index in [0.717, 1.165) is 33.4 Å². The summed E-state index contributed by atoms with van der Waals surface area (Å²) in [7, 11) is 0. The van der Waals surface area contributed by atoms with Crippen molar-refractivity contribution in [1.29, 1.82) is 10.5 Å². The maximum Gasteiger partial charge on any atom is 0.434 e. The van der Waals surface area contributed by atoms with Gasteiger partial charge < -0.3 is 43.9 Å². The number of hydrogen-bond acceptors (Lipinski definition) is 19. The summed E-state index contributed by atoms with van der Waals surface area (Å²) in [6.07, 6.45) is 18.8. The normalized spacial score (nSPS) is 7.82. The standard InChI is InChI=1S/C24H22N4O4.C24H6.C23H19N5O3.C23H4.C21H17N3O4.C6H2.C2H4N2/c1-25-17-28-24(30)27-13-21(29)20-12-22(31-15-18-8-4-2-5-9-18)23(14-26-20)32-16-19-10-6-3-7-11-19;1-3-5-7-9-11-13-15-17-19-21-23-24-22-20-18-16-14-12-10-8-6-4-2;24-11-12-28-22(26-27-23(28)29)19-13-20(30-15-17-7-3-1-4-8-17)21(14-25-19)31-16-18-9-5-2-6-10-18;1-3-5-7-9-11-13-15-17-19-21-23-22-20-18-16-14-12-10-8-6-4-2;25-21-24-23-20(28-21)17-11-18(26-13-15-7-3-1-4-8-15)19(12-22-17)27-14-16-9-5-2-6-10-16;1-3-5-6-4-2;3-1-2-4/h2-12,14H,13,15-17H2,(H2,27,28,30);1-2H3;1-10,13-14H,12,15-16H2,(H,27,29);1H,2H3;1-12H,13-14H2,(H,24,25);1-2H;1,3H2. The third-order valence-corrected chi connectivity index (χ3v) is 15.9. The van der Waals surface area contributed by atoms with Crippen LogP contribution in [0.4, 0.5) is 4.79 Å². The van der Waals surface area contributed by atoms with Crippen molar-refractivity contribution in [2.45, 2.75) is 67.0 Å². The zero-order chi connectivity index (χ0) is 106. The van der Waals surface area contributed by atoms with E-state index in [1.807, 2.05) is 188 Å². The highest BCUT2D eigenvalue weighted by Crippen LogP contribution is 2.34. The van der Waals surface area contributed by atoms with Crippen LogP contribution in [0, 0.1) is 327 Å². The fraction of sp³-hybridized carbons (Fsp3) is 0.106. The first kappa shape index (κ1) is 114. The Labute approximate surface area is 860 Å². The quantitative estimate of drug-likeness (QED) is 0.0154. The molecule has 0 saturated heterocycles. The lowest BCUT2D eigenvalue weighted by atomic mass is 10.2. The Hall–Kier alpha value is -24.2. The number of nitrogens with zero attached hydrogens (tertiary/aromatic N) is 9. The largest absolute Gasteiger partial charge is 0.485 e. The lowest BCUT2D eigenvalue weighted by molar-refractivity contribution is 0.0986. The van der Waals surface area contributed by atoms with Crippen molar-refractivity contribution >= 4 is 11.8 Å². The van der Waals surface area contributed by atoms with Crippen LogP contribution in [0.2, 0.25) is 0 Å². The third kappa shape index (κ3) is 52.6. The number of amides is 2. The minimum Gasteiger partial charge on any atom is -0.485 e. The molecule has 11 rings (SSSR count). The minimum atomic E-state index is -0.645. The molecule has 5 heterocycles. The molecule has 148 heavy (non-hydrogen) atoms. The number of urea groups is 1. The molecular formula is C123H74N14O11. The maximum atomic E-state index is 12.5. The zero-order valence-corrected chi connectivity index (χ0v) is 79.2. The Kier molecular flexibility index (Phi) is 59.5. The summed E-state index contributed by atoms with van der Waals surface area (Å²) < 4.78 is 41.8. The summed E-state index contributed by atoms with van der Waals surface area (Å²) in [6.45, 7) is 13.3. The molecule has 0 aliphatic rings. The maximum absolute atomic E-state index is 12.5. The molecule has 0 unspecified atom stereocenters. The number of aromatic nitrogens is 8. The smallest absolute Gasteiger partial charge is 0.434 e. The molecule has 0 aliphatic carbocycles. The van der Waals surface area contributed by atoms with Crippen LogP contribution in [-0.4, -0.2) is 71.5 Å². The molecule has 11 aromatic rings. The van der Waals surface area contributed by atoms with E-state index in [2.05, 4.69) is 335 Å². The number of ether oxygens (including phenoxy) is 6. The van der Waals surface area contributed by atoms with E-state index in [-0.39, 0.29) is 50.3 Å².